The molecule has 0 unspecified atom stereocenters. The van der Waals surface area contributed by atoms with Gasteiger partial charge in [-0.15, -0.1) is 0 Å². The predicted octanol–water partition coefficient (Wildman–Crippen LogP) is 2.42. The zero-order chi connectivity index (χ0) is 16.9. The van der Waals surface area contributed by atoms with Crippen LogP contribution >= 0.6 is 0 Å². The van der Waals surface area contributed by atoms with Crippen LogP contribution in [0, 0.1) is 0 Å². The molecule has 1 aliphatic heterocycles. The highest BCUT2D eigenvalue weighted by Gasteiger charge is 2.28. The number of Topliss-reactive ketones (excluding diaryl/α,β-unsaturated/α-hetero) is 1. The first-order chi connectivity index (χ1) is 11.6. The molecule has 1 aromatic heterocycles. The van der Waals surface area contributed by atoms with Crippen LogP contribution in [0.4, 0.5) is 0 Å². The number of aryl methyl sites for hydroxylation is 1. The van der Waals surface area contributed by atoms with Crippen LogP contribution < -0.4 is 0 Å². The number of benzene rings is 1. The molecule has 1 aromatic carbocycles. The van der Waals surface area contributed by atoms with E-state index in [-0.39, 0.29) is 6.10 Å². The van der Waals surface area contributed by atoms with Crippen molar-refractivity contribution in [2.24, 2.45) is 7.05 Å². The molecule has 3 rings (SSSR count). The molecule has 1 saturated heterocycles. The molecular formula is C19H22N2O3. The van der Waals surface area contributed by atoms with Crippen molar-refractivity contribution in [3.63, 3.8) is 0 Å². The highest BCUT2D eigenvalue weighted by Crippen LogP contribution is 2.16. The minimum absolute atomic E-state index is 0.0128. The predicted molar refractivity (Wildman–Crippen MR) is 90.6 cm³/mol. The summed E-state index contributed by atoms with van der Waals surface area (Å²) in [6.45, 7) is 1.59. The number of carbonyl (C=O) groups is 2. The molecule has 5 heteroatoms. The third-order valence-corrected chi connectivity index (χ3v) is 4.32. The van der Waals surface area contributed by atoms with E-state index in [0.29, 0.717) is 18.8 Å². The summed E-state index contributed by atoms with van der Waals surface area (Å²) in [7, 11) is 1.77. The van der Waals surface area contributed by atoms with Crippen LogP contribution in [0.1, 0.15) is 28.9 Å². The molecule has 1 atom stereocenters. The lowest BCUT2D eigenvalue weighted by Gasteiger charge is -2.25. The normalized spacial score (nSPS) is 17.0. The zero-order valence-electron chi connectivity index (χ0n) is 13.9. The van der Waals surface area contributed by atoms with Gasteiger partial charge in [-0.2, -0.15) is 0 Å². The maximum absolute atomic E-state index is 12.8. The fraction of sp³-hybridized carbons (Fsp3) is 0.368. The quantitative estimate of drug-likeness (QED) is 0.605. The first-order valence-electron chi connectivity index (χ1n) is 8.25. The maximum atomic E-state index is 12.8. The van der Waals surface area contributed by atoms with Gasteiger partial charge < -0.3 is 14.2 Å². The third kappa shape index (κ3) is 3.74. The van der Waals surface area contributed by atoms with Gasteiger partial charge in [0.05, 0.1) is 11.8 Å². The maximum Gasteiger partial charge on any atom is 0.296 e. The molecule has 24 heavy (non-hydrogen) atoms. The van der Waals surface area contributed by atoms with E-state index in [1.807, 2.05) is 30.3 Å². The van der Waals surface area contributed by atoms with Crippen molar-refractivity contribution in [2.45, 2.75) is 25.5 Å². The lowest BCUT2D eigenvalue weighted by atomic mass is 10.1. The van der Waals surface area contributed by atoms with Gasteiger partial charge >= 0.3 is 0 Å². The van der Waals surface area contributed by atoms with E-state index < -0.39 is 11.7 Å². The van der Waals surface area contributed by atoms with Crippen molar-refractivity contribution < 1.29 is 14.3 Å². The monoisotopic (exact) mass is 326 g/mol. The van der Waals surface area contributed by atoms with Crippen LogP contribution in [0.15, 0.2) is 48.7 Å². The van der Waals surface area contributed by atoms with Crippen molar-refractivity contribution >= 4 is 11.7 Å². The average Bonchev–Trinajstić information content (AvgIpc) is 3.25. The number of hydrogen-bond donors (Lipinski definition) is 0. The molecule has 2 heterocycles. The number of hydrogen-bond acceptors (Lipinski definition) is 3. The second-order valence-electron chi connectivity index (χ2n) is 6.14. The molecule has 5 nitrogen and oxygen atoms in total. The number of amides is 1. The molecule has 0 aliphatic carbocycles. The van der Waals surface area contributed by atoms with Gasteiger partial charge in [-0.05, 0) is 30.5 Å². The van der Waals surface area contributed by atoms with E-state index in [0.717, 1.165) is 25.0 Å². The van der Waals surface area contributed by atoms with Crippen molar-refractivity contribution in [2.75, 3.05) is 13.2 Å². The topological polar surface area (TPSA) is 51.5 Å². The van der Waals surface area contributed by atoms with Crippen LogP contribution in [-0.4, -0.2) is 40.4 Å². The molecule has 0 radical (unpaired) electrons. The summed E-state index contributed by atoms with van der Waals surface area (Å²) in [6.07, 6.45) is 3.71. The highest BCUT2D eigenvalue weighted by molar-refractivity contribution is 6.42. The molecular weight excluding hydrogens is 304 g/mol. The van der Waals surface area contributed by atoms with Crippen molar-refractivity contribution in [1.29, 1.82) is 0 Å². The van der Waals surface area contributed by atoms with E-state index in [1.54, 1.807) is 34.8 Å². The van der Waals surface area contributed by atoms with E-state index in [1.165, 1.54) is 0 Å². The number of ether oxygens (including phenoxy) is 1. The largest absolute Gasteiger partial charge is 0.376 e. The Labute approximate surface area is 141 Å². The molecule has 0 N–H and O–H groups in total. The molecule has 0 saturated carbocycles. The minimum atomic E-state index is -0.476. The van der Waals surface area contributed by atoms with Gasteiger partial charge in [-0.3, -0.25) is 9.59 Å². The number of ketones is 1. The van der Waals surface area contributed by atoms with Crippen molar-refractivity contribution in [1.82, 2.24) is 9.47 Å². The van der Waals surface area contributed by atoms with Crippen LogP contribution in [0.5, 0.6) is 0 Å². The average molecular weight is 326 g/mol. The highest BCUT2D eigenvalue weighted by atomic mass is 16.5. The van der Waals surface area contributed by atoms with Gasteiger partial charge in [-0.1, -0.05) is 30.3 Å². The summed E-state index contributed by atoms with van der Waals surface area (Å²) in [5.74, 6) is -0.951. The van der Waals surface area contributed by atoms with Crippen LogP contribution in [0.3, 0.4) is 0 Å². The summed E-state index contributed by atoms with van der Waals surface area (Å²) in [5, 5.41) is 0. The molecule has 0 spiro atoms. The molecule has 126 valence electrons. The molecule has 2 aromatic rings. The van der Waals surface area contributed by atoms with Gasteiger partial charge in [0, 0.05) is 32.9 Å². The zero-order valence-corrected chi connectivity index (χ0v) is 13.9. The molecule has 1 fully saturated rings. The summed E-state index contributed by atoms with van der Waals surface area (Å²) < 4.78 is 7.33. The van der Waals surface area contributed by atoms with E-state index in [2.05, 4.69) is 0 Å². The Bertz CT molecular complexity index is 702. The fourth-order valence-electron chi connectivity index (χ4n) is 3.01. The lowest BCUT2D eigenvalue weighted by molar-refractivity contribution is -0.128. The Morgan fingerprint density at radius 2 is 2.00 bits per heavy atom. The Morgan fingerprint density at radius 1 is 1.21 bits per heavy atom. The summed E-state index contributed by atoms with van der Waals surface area (Å²) in [6, 6.07) is 13.2. The summed E-state index contributed by atoms with van der Waals surface area (Å²) >= 11 is 0. The smallest absolute Gasteiger partial charge is 0.296 e. The second kappa shape index (κ2) is 7.45. The van der Waals surface area contributed by atoms with E-state index >= 15 is 0 Å². The van der Waals surface area contributed by atoms with Crippen LogP contribution in [-0.2, 0) is 23.1 Å². The van der Waals surface area contributed by atoms with Crippen molar-refractivity contribution in [3.8, 4) is 0 Å². The van der Waals surface area contributed by atoms with Gasteiger partial charge in [0.2, 0.25) is 0 Å². The van der Waals surface area contributed by atoms with E-state index in [9.17, 15) is 9.59 Å². The van der Waals surface area contributed by atoms with Gasteiger partial charge in [0.1, 0.15) is 0 Å². The lowest BCUT2D eigenvalue weighted by Crippen LogP contribution is -2.41. The SMILES string of the molecule is Cn1cccc1C(=O)C(=O)N(Cc1ccccc1)C[C@@H]1CCCO1. The Morgan fingerprint density at radius 3 is 2.62 bits per heavy atom. The molecule has 0 bridgehead atoms. The number of rotatable bonds is 6. The Hall–Kier alpha value is -2.40. The number of carbonyl (C=O) groups excluding carboxylic acids is 2. The first kappa shape index (κ1) is 16.5. The minimum Gasteiger partial charge on any atom is -0.376 e. The third-order valence-electron chi connectivity index (χ3n) is 4.32. The first-order valence-corrected chi connectivity index (χ1v) is 8.25. The molecule has 1 aliphatic rings. The standard InChI is InChI=1S/C19H22N2O3/c1-20-11-5-10-17(20)18(22)19(23)21(14-16-9-6-12-24-16)13-15-7-3-2-4-8-15/h2-5,7-8,10-11,16H,6,9,12-14H2,1H3/t16-/m0/s1. The van der Waals surface area contributed by atoms with Crippen LogP contribution in [0.25, 0.3) is 0 Å². The Balaban J connectivity index is 1.78. The summed E-state index contributed by atoms with van der Waals surface area (Å²) in [4.78, 5) is 27.0. The fourth-order valence-corrected chi connectivity index (χ4v) is 3.01. The number of aromatic nitrogens is 1. The van der Waals surface area contributed by atoms with Gasteiger partial charge in [0.15, 0.2) is 0 Å². The number of nitrogens with zero attached hydrogens (tertiary/aromatic N) is 2. The van der Waals surface area contributed by atoms with E-state index in [4.69, 9.17) is 4.74 Å². The summed E-state index contributed by atoms with van der Waals surface area (Å²) in [5.41, 5.74) is 1.41. The van der Waals surface area contributed by atoms with Gasteiger partial charge in [-0.25, -0.2) is 0 Å². The van der Waals surface area contributed by atoms with Crippen molar-refractivity contribution in [3.05, 3.63) is 59.9 Å². The second-order valence-corrected chi connectivity index (χ2v) is 6.14. The Kier molecular flexibility index (Phi) is 5.11. The van der Waals surface area contributed by atoms with Crippen LogP contribution in [0.2, 0.25) is 0 Å². The van der Waals surface area contributed by atoms with Gasteiger partial charge in [0.25, 0.3) is 11.7 Å². The molecule has 1 amide bonds.